The Morgan fingerprint density at radius 2 is 2.27 bits per heavy atom. The molecule has 0 aliphatic heterocycles. The molecule has 56 valence electrons. The van der Waals surface area contributed by atoms with Crippen LogP contribution in [0, 0.1) is 0 Å². The highest BCUT2D eigenvalue weighted by Gasteiger charge is 1.99. The van der Waals surface area contributed by atoms with E-state index in [2.05, 4.69) is 4.37 Å². The van der Waals surface area contributed by atoms with Gasteiger partial charge in [0.2, 0.25) is 0 Å². The van der Waals surface area contributed by atoms with E-state index in [1.165, 1.54) is 0 Å². The molecule has 1 aromatic heterocycles. The zero-order valence-corrected chi connectivity index (χ0v) is 6.44. The molecule has 0 aliphatic carbocycles. The zero-order chi connectivity index (χ0) is 7.84. The Morgan fingerprint density at radius 3 is 3.09 bits per heavy atom. The van der Waals surface area contributed by atoms with Gasteiger partial charge in [0.05, 0.1) is 10.9 Å². The molecule has 0 atom stereocenters. The van der Waals surface area contributed by atoms with Crippen molar-refractivity contribution in [2.24, 2.45) is 0 Å². The van der Waals surface area contributed by atoms with Crippen LogP contribution in [0.3, 0.4) is 0 Å². The minimum absolute atomic E-state index is 0.0556. The van der Waals surface area contributed by atoms with Crippen molar-refractivity contribution in [3.05, 3.63) is 27.7 Å². The molecule has 0 saturated carbocycles. The van der Waals surface area contributed by atoms with Gasteiger partial charge < -0.3 is 10.1 Å². The van der Waals surface area contributed by atoms with E-state index in [4.69, 9.17) is 5.73 Å². The molecule has 0 unspecified atom stereocenters. The van der Waals surface area contributed by atoms with E-state index in [1.54, 1.807) is 18.2 Å². The highest BCUT2D eigenvalue weighted by molar-refractivity contribution is 7.04. The highest BCUT2D eigenvalue weighted by atomic mass is 32.1. The summed E-state index contributed by atoms with van der Waals surface area (Å²) < 4.78 is 2.93. The van der Waals surface area contributed by atoms with Crippen LogP contribution in [0.25, 0.3) is 10.9 Å². The van der Waals surface area contributed by atoms with Gasteiger partial charge in [0.15, 0.2) is 0 Å². The van der Waals surface area contributed by atoms with Crippen LogP contribution in [0.2, 0.25) is 0 Å². The predicted molar refractivity (Wildman–Crippen MR) is 46.9 cm³/mol. The van der Waals surface area contributed by atoms with Crippen LogP contribution in [-0.2, 0) is 0 Å². The fraction of sp³-hybridized carbons (Fsp3) is 0. The maximum Gasteiger partial charge on any atom is 0.257 e. The third kappa shape index (κ3) is 0.914. The molecule has 0 spiro atoms. The lowest BCUT2D eigenvalue weighted by molar-refractivity contribution is 1.65. The molecule has 0 amide bonds. The van der Waals surface area contributed by atoms with Gasteiger partial charge in [-0.25, -0.2) is 0 Å². The second-order valence-electron chi connectivity index (χ2n) is 2.30. The monoisotopic (exact) mass is 166 g/mol. The first-order chi connectivity index (χ1) is 5.27. The summed E-state index contributed by atoms with van der Waals surface area (Å²) in [5.41, 5.74) is 7.01. The van der Waals surface area contributed by atoms with Crippen LogP contribution >= 0.6 is 11.5 Å². The Hall–Kier alpha value is -1.29. The Morgan fingerprint density at radius 1 is 1.45 bits per heavy atom. The fourth-order valence-electron chi connectivity index (χ4n) is 0.981. The van der Waals surface area contributed by atoms with Crippen molar-refractivity contribution in [1.82, 2.24) is 4.37 Å². The predicted octanol–water partition coefficient (Wildman–Crippen LogP) is 1.17. The summed E-state index contributed by atoms with van der Waals surface area (Å²) in [7, 11) is 0. The van der Waals surface area contributed by atoms with Gasteiger partial charge in [0, 0.05) is 5.69 Å². The maximum absolute atomic E-state index is 11.0. The number of nitrogens with one attached hydrogen (secondary N) is 1. The first kappa shape index (κ1) is 6.42. The molecule has 0 saturated heterocycles. The van der Waals surface area contributed by atoms with E-state index in [0.29, 0.717) is 11.1 Å². The summed E-state index contributed by atoms with van der Waals surface area (Å²) in [6, 6.07) is 5.22. The second-order valence-corrected chi connectivity index (χ2v) is 3.08. The molecule has 3 N–H and O–H groups in total. The Kier molecular flexibility index (Phi) is 1.22. The summed E-state index contributed by atoms with van der Waals surface area (Å²) in [4.78, 5) is 11.0. The average molecular weight is 166 g/mol. The summed E-state index contributed by atoms with van der Waals surface area (Å²) in [5, 5.41) is 0.712. The van der Waals surface area contributed by atoms with Crippen LogP contribution in [-0.4, -0.2) is 4.37 Å². The van der Waals surface area contributed by atoms with Crippen LogP contribution in [0.1, 0.15) is 0 Å². The van der Waals surface area contributed by atoms with Crippen molar-refractivity contribution < 1.29 is 0 Å². The van der Waals surface area contributed by atoms with Crippen molar-refractivity contribution in [1.29, 1.82) is 0 Å². The van der Waals surface area contributed by atoms with Gasteiger partial charge in [-0.3, -0.25) is 4.79 Å². The minimum atomic E-state index is 0.0556. The number of fused-ring (bicyclic) bond motifs is 1. The van der Waals surface area contributed by atoms with E-state index < -0.39 is 0 Å². The van der Waals surface area contributed by atoms with Gasteiger partial charge in [0.1, 0.15) is 0 Å². The second kappa shape index (κ2) is 2.10. The topological polar surface area (TPSA) is 58.9 Å². The molecule has 0 bridgehead atoms. The van der Waals surface area contributed by atoms with Crippen LogP contribution in [0.5, 0.6) is 0 Å². The highest BCUT2D eigenvalue weighted by Crippen LogP contribution is 2.12. The van der Waals surface area contributed by atoms with Crippen molar-refractivity contribution in [2.45, 2.75) is 0 Å². The number of nitrogen functional groups attached to an aromatic ring is 1. The molecule has 1 aromatic carbocycles. The fourth-order valence-corrected chi connectivity index (χ4v) is 1.64. The van der Waals surface area contributed by atoms with Gasteiger partial charge in [0.25, 0.3) is 4.74 Å². The van der Waals surface area contributed by atoms with Gasteiger partial charge in [-0.05, 0) is 29.7 Å². The number of hydrogen-bond acceptors (Lipinski definition) is 3. The number of aromatic nitrogens is 1. The van der Waals surface area contributed by atoms with Gasteiger partial charge in [-0.2, -0.15) is 0 Å². The summed E-state index contributed by atoms with van der Waals surface area (Å²) >= 11 is 1.09. The van der Waals surface area contributed by atoms with Crippen LogP contribution < -0.4 is 10.5 Å². The average Bonchev–Trinajstić information content (AvgIpc) is 2.32. The number of benzene rings is 1. The summed E-state index contributed by atoms with van der Waals surface area (Å²) in [6.45, 7) is 0. The number of H-pyrrole nitrogens is 1. The molecule has 2 rings (SSSR count). The third-order valence-electron chi connectivity index (χ3n) is 1.52. The van der Waals surface area contributed by atoms with E-state index in [0.717, 1.165) is 17.0 Å². The van der Waals surface area contributed by atoms with E-state index >= 15 is 0 Å². The molecular formula is C7H6N2OS. The number of aromatic amines is 1. The molecule has 0 radical (unpaired) electrons. The SMILES string of the molecule is Nc1ccc2c(=O)s[nH]c2c1. The lowest BCUT2D eigenvalue weighted by Crippen LogP contribution is -1.88. The molecule has 0 fully saturated rings. The van der Waals surface area contributed by atoms with Crippen molar-refractivity contribution in [3.8, 4) is 0 Å². The number of hydrogen-bond donors (Lipinski definition) is 2. The normalized spacial score (nSPS) is 10.5. The van der Waals surface area contributed by atoms with Gasteiger partial charge in [-0.15, -0.1) is 0 Å². The largest absolute Gasteiger partial charge is 0.399 e. The number of rotatable bonds is 0. The molecule has 3 nitrogen and oxygen atoms in total. The molecule has 0 aliphatic rings. The smallest absolute Gasteiger partial charge is 0.257 e. The molecule has 11 heavy (non-hydrogen) atoms. The van der Waals surface area contributed by atoms with E-state index in [-0.39, 0.29) is 4.74 Å². The Bertz CT molecular complexity index is 443. The first-order valence-corrected chi connectivity index (χ1v) is 3.96. The number of nitrogens with two attached hydrogens (primary N) is 1. The molecule has 4 heteroatoms. The van der Waals surface area contributed by atoms with Gasteiger partial charge >= 0.3 is 0 Å². The van der Waals surface area contributed by atoms with Crippen molar-refractivity contribution in [3.63, 3.8) is 0 Å². The number of anilines is 1. The summed E-state index contributed by atoms with van der Waals surface area (Å²) in [5.74, 6) is 0. The van der Waals surface area contributed by atoms with Crippen molar-refractivity contribution >= 4 is 28.1 Å². The lowest BCUT2D eigenvalue weighted by atomic mass is 10.2. The van der Waals surface area contributed by atoms with Crippen LogP contribution in [0.4, 0.5) is 5.69 Å². The maximum atomic E-state index is 11.0. The molecular weight excluding hydrogens is 160 g/mol. The quantitative estimate of drug-likeness (QED) is 0.577. The lowest BCUT2D eigenvalue weighted by Gasteiger charge is -1.89. The van der Waals surface area contributed by atoms with E-state index in [9.17, 15) is 4.79 Å². The van der Waals surface area contributed by atoms with E-state index in [1.807, 2.05) is 0 Å². The minimum Gasteiger partial charge on any atom is -0.399 e. The first-order valence-electron chi connectivity index (χ1n) is 3.14. The Balaban J connectivity index is 2.97. The zero-order valence-electron chi connectivity index (χ0n) is 5.63. The van der Waals surface area contributed by atoms with Crippen LogP contribution in [0.15, 0.2) is 23.0 Å². The van der Waals surface area contributed by atoms with Gasteiger partial charge in [-0.1, -0.05) is 0 Å². The third-order valence-corrected chi connectivity index (χ3v) is 2.24. The molecule has 1 heterocycles. The van der Waals surface area contributed by atoms with Crippen molar-refractivity contribution in [2.75, 3.05) is 5.73 Å². The molecule has 2 aromatic rings. The Labute approximate surface area is 66.6 Å². The summed E-state index contributed by atoms with van der Waals surface area (Å²) in [6.07, 6.45) is 0. The standard InChI is InChI=1S/C7H6N2OS/c8-4-1-2-5-6(3-4)9-11-7(5)10/h1-3,9H,8H2.